The number of rotatable bonds is 3. The second-order valence-corrected chi connectivity index (χ2v) is 8.24. The van der Waals surface area contributed by atoms with E-state index in [-0.39, 0.29) is 5.82 Å². The Labute approximate surface area is 106 Å². The minimum absolute atomic E-state index is 0.261. The Bertz CT molecular complexity index is 589. The Balaban J connectivity index is 2.25. The van der Waals surface area contributed by atoms with Gasteiger partial charge in [-0.3, -0.25) is 4.98 Å². The van der Waals surface area contributed by atoms with Gasteiger partial charge in [0.2, 0.25) is 0 Å². The van der Waals surface area contributed by atoms with E-state index in [1.165, 1.54) is 12.1 Å². The molecule has 0 N–H and O–H groups in total. The van der Waals surface area contributed by atoms with Crippen molar-refractivity contribution in [2.45, 2.75) is 6.16 Å². The molecule has 0 radical (unpaired) electrons. The van der Waals surface area contributed by atoms with Crippen LogP contribution in [0.1, 0.15) is 5.69 Å². The van der Waals surface area contributed by atoms with Crippen LogP contribution in [-0.4, -0.2) is 18.3 Å². The van der Waals surface area contributed by atoms with Crippen molar-refractivity contribution in [3.8, 4) is 11.1 Å². The summed E-state index contributed by atoms with van der Waals surface area (Å²) in [7, 11) is -2.11. The average molecular weight is 263 g/mol. The Kier molecular flexibility index (Phi) is 3.63. The molecule has 18 heavy (non-hydrogen) atoms. The maximum Gasteiger partial charge on any atom is 0.123 e. The first kappa shape index (κ1) is 13.0. The molecule has 0 aliphatic carbocycles. The van der Waals surface area contributed by atoms with E-state index in [9.17, 15) is 8.96 Å². The van der Waals surface area contributed by atoms with E-state index in [2.05, 4.69) is 4.98 Å². The lowest BCUT2D eigenvalue weighted by atomic mass is 10.1. The first-order chi connectivity index (χ1) is 8.44. The summed E-state index contributed by atoms with van der Waals surface area (Å²) >= 11 is 0. The Morgan fingerprint density at radius 2 is 1.94 bits per heavy atom. The number of nitrogens with zero attached hydrogens (tertiary/aromatic N) is 1. The van der Waals surface area contributed by atoms with E-state index >= 15 is 0 Å². The van der Waals surface area contributed by atoms with Crippen molar-refractivity contribution in [2.24, 2.45) is 0 Å². The molecule has 0 fully saturated rings. The van der Waals surface area contributed by atoms with Crippen molar-refractivity contribution in [3.05, 3.63) is 54.1 Å². The van der Waals surface area contributed by atoms with Crippen LogP contribution in [0.5, 0.6) is 0 Å². The lowest BCUT2D eigenvalue weighted by molar-refractivity contribution is 0.581. The van der Waals surface area contributed by atoms with Crippen LogP contribution in [0.4, 0.5) is 4.39 Å². The molecule has 0 aliphatic rings. The van der Waals surface area contributed by atoms with Gasteiger partial charge in [-0.1, -0.05) is 18.2 Å². The highest BCUT2D eigenvalue weighted by Gasteiger charge is 2.09. The highest BCUT2D eigenvalue weighted by atomic mass is 31.2. The number of benzene rings is 1. The second-order valence-electron chi connectivity index (χ2n) is 4.78. The summed E-state index contributed by atoms with van der Waals surface area (Å²) in [6, 6.07) is 10.1. The van der Waals surface area contributed by atoms with Gasteiger partial charge in [0.1, 0.15) is 5.82 Å². The molecule has 0 saturated carbocycles. The minimum Gasteiger partial charge on any atom is -0.324 e. The molecule has 2 rings (SSSR count). The molecule has 4 heteroatoms. The normalized spacial score (nSPS) is 11.5. The van der Waals surface area contributed by atoms with Crippen molar-refractivity contribution >= 4 is 7.14 Å². The van der Waals surface area contributed by atoms with Crippen LogP contribution in [0.3, 0.4) is 0 Å². The largest absolute Gasteiger partial charge is 0.324 e. The number of hydrogen-bond donors (Lipinski definition) is 0. The maximum absolute atomic E-state index is 13.1. The van der Waals surface area contributed by atoms with Gasteiger partial charge in [0, 0.05) is 23.6 Å². The fourth-order valence-corrected chi connectivity index (χ4v) is 2.71. The average Bonchev–Trinajstić information content (AvgIpc) is 2.28. The SMILES string of the molecule is CP(C)(=O)Cc1ccc(-c2cccc(F)c2)cn1. The van der Waals surface area contributed by atoms with Crippen LogP contribution < -0.4 is 0 Å². The van der Waals surface area contributed by atoms with E-state index in [0.29, 0.717) is 6.16 Å². The first-order valence-electron chi connectivity index (χ1n) is 5.69. The van der Waals surface area contributed by atoms with Gasteiger partial charge in [-0.25, -0.2) is 4.39 Å². The number of hydrogen-bond acceptors (Lipinski definition) is 2. The summed E-state index contributed by atoms with van der Waals surface area (Å²) in [5.74, 6) is -0.261. The van der Waals surface area contributed by atoms with Gasteiger partial charge >= 0.3 is 0 Å². The molecule has 0 spiro atoms. The summed E-state index contributed by atoms with van der Waals surface area (Å²) in [4.78, 5) is 4.28. The predicted molar refractivity (Wildman–Crippen MR) is 72.8 cm³/mol. The summed E-state index contributed by atoms with van der Waals surface area (Å²) in [5.41, 5.74) is 2.47. The van der Waals surface area contributed by atoms with Gasteiger partial charge in [0.05, 0.1) is 7.14 Å². The number of pyridine rings is 1. The lowest BCUT2D eigenvalue weighted by Crippen LogP contribution is -1.91. The highest BCUT2D eigenvalue weighted by Crippen LogP contribution is 2.39. The summed E-state index contributed by atoms with van der Waals surface area (Å²) < 4.78 is 24.8. The molecule has 1 aromatic heterocycles. The molecule has 0 bridgehead atoms. The summed E-state index contributed by atoms with van der Waals surface area (Å²) in [6.45, 7) is 3.49. The molecule has 1 heterocycles. The maximum atomic E-state index is 13.1. The molecule has 0 unspecified atom stereocenters. The van der Waals surface area contributed by atoms with Crippen molar-refractivity contribution in [3.63, 3.8) is 0 Å². The Morgan fingerprint density at radius 1 is 1.17 bits per heavy atom. The molecular weight excluding hydrogens is 248 g/mol. The Hall–Kier alpha value is -1.47. The van der Waals surface area contributed by atoms with Crippen molar-refractivity contribution < 1.29 is 8.96 Å². The van der Waals surface area contributed by atoms with Crippen molar-refractivity contribution in [2.75, 3.05) is 13.3 Å². The lowest BCUT2D eigenvalue weighted by Gasteiger charge is -2.07. The fourth-order valence-electron chi connectivity index (χ4n) is 1.75. The van der Waals surface area contributed by atoms with Crippen LogP contribution >= 0.6 is 7.14 Å². The molecule has 2 aromatic rings. The quantitative estimate of drug-likeness (QED) is 0.783. The van der Waals surface area contributed by atoms with E-state index in [1.807, 2.05) is 18.2 Å². The van der Waals surface area contributed by atoms with E-state index in [4.69, 9.17) is 0 Å². The third-order valence-corrected chi connectivity index (χ3v) is 3.61. The van der Waals surface area contributed by atoms with Gasteiger partial charge in [0.25, 0.3) is 0 Å². The van der Waals surface area contributed by atoms with Crippen LogP contribution in [0.15, 0.2) is 42.6 Å². The Morgan fingerprint density at radius 3 is 2.50 bits per heavy atom. The zero-order valence-electron chi connectivity index (χ0n) is 10.4. The van der Waals surface area contributed by atoms with Gasteiger partial charge in [-0.05, 0) is 37.1 Å². The molecule has 2 nitrogen and oxygen atoms in total. The van der Waals surface area contributed by atoms with Crippen LogP contribution in [0.2, 0.25) is 0 Å². The van der Waals surface area contributed by atoms with Gasteiger partial charge in [0.15, 0.2) is 0 Å². The van der Waals surface area contributed by atoms with E-state index in [1.54, 1.807) is 25.6 Å². The first-order valence-corrected chi connectivity index (χ1v) is 8.47. The third kappa shape index (κ3) is 3.51. The molecule has 0 amide bonds. The van der Waals surface area contributed by atoms with E-state index in [0.717, 1.165) is 16.8 Å². The van der Waals surface area contributed by atoms with Gasteiger partial charge in [-0.2, -0.15) is 0 Å². The molecule has 0 aliphatic heterocycles. The molecule has 1 aromatic carbocycles. The standard InChI is InChI=1S/C14H15FNOP/c1-18(2,17)10-14-7-6-12(9-16-14)11-4-3-5-13(15)8-11/h3-9H,10H2,1-2H3. The molecular formula is C14H15FNOP. The number of halogens is 1. The van der Waals surface area contributed by atoms with Crippen molar-refractivity contribution in [1.82, 2.24) is 4.98 Å². The smallest absolute Gasteiger partial charge is 0.123 e. The summed E-state index contributed by atoms with van der Waals surface area (Å²) in [5, 5.41) is 0. The van der Waals surface area contributed by atoms with Gasteiger partial charge in [-0.15, -0.1) is 0 Å². The molecule has 0 atom stereocenters. The zero-order valence-corrected chi connectivity index (χ0v) is 11.3. The van der Waals surface area contributed by atoms with Crippen molar-refractivity contribution in [1.29, 1.82) is 0 Å². The molecule has 0 saturated heterocycles. The second kappa shape index (κ2) is 5.03. The monoisotopic (exact) mass is 263 g/mol. The number of aromatic nitrogens is 1. The fraction of sp³-hybridized carbons (Fsp3) is 0.214. The summed E-state index contributed by atoms with van der Waals surface area (Å²) in [6.07, 6.45) is 2.19. The zero-order chi connectivity index (χ0) is 13.2. The van der Waals surface area contributed by atoms with Crippen LogP contribution in [-0.2, 0) is 10.7 Å². The molecule has 94 valence electrons. The van der Waals surface area contributed by atoms with Gasteiger partial charge < -0.3 is 4.57 Å². The highest BCUT2D eigenvalue weighted by molar-refractivity contribution is 7.61. The topological polar surface area (TPSA) is 30.0 Å². The minimum atomic E-state index is -2.11. The van der Waals surface area contributed by atoms with Crippen LogP contribution in [0, 0.1) is 5.82 Å². The predicted octanol–water partition coefficient (Wildman–Crippen LogP) is 4.01. The third-order valence-electron chi connectivity index (χ3n) is 2.53. The van der Waals surface area contributed by atoms with Crippen LogP contribution in [0.25, 0.3) is 11.1 Å². The van der Waals surface area contributed by atoms with E-state index < -0.39 is 7.14 Å².